The van der Waals surface area contributed by atoms with Crippen molar-refractivity contribution in [1.82, 2.24) is 20.4 Å². The highest BCUT2D eigenvalue weighted by molar-refractivity contribution is 5.92. The molecule has 0 unspecified atom stereocenters. The van der Waals surface area contributed by atoms with Crippen molar-refractivity contribution in [2.45, 2.75) is 45.8 Å². The van der Waals surface area contributed by atoms with Gasteiger partial charge < -0.3 is 10.1 Å². The Balaban J connectivity index is 1.76. The van der Waals surface area contributed by atoms with Crippen LogP contribution in [0.3, 0.4) is 0 Å². The predicted octanol–water partition coefficient (Wildman–Crippen LogP) is 1.37. The number of hydrogen-bond donors (Lipinski definition) is 2. The van der Waals surface area contributed by atoms with Crippen LogP contribution in [0.2, 0.25) is 0 Å². The van der Waals surface area contributed by atoms with E-state index in [1.807, 2.05) is 6.07 Å². The molecule has 0 saturated carbocycles. The van der Waals surface area contributed by atoms with Crippen LogP contribution in [0.15, 0.2) is 6.07 Å². The lowest BCUT2D eigenvalue weighted by atomic mass is 10.1. The highest BCUT2D eigenvalue weighted by Gasteiger charge is 2.21. The van der Waals surface area contributed by atoms with Gasteiger partial charge in [-0.3, -0.25) is 14.8 Å². The molecule has 0 aliphatic carbocycles. The Kier molecular flexibility index (Phi) is 5.36. The third-order valence-corrected chi connectivity index (χ3v) is 3.66. The largest absolute Gasteiger partial charge is 0.373 e. The molecule has 2 rings (SSSR count). The van der Waals surface area contributed by atoms with Gasteiger partial charge in [0.15, 0.2) is 0 Å². The first kappa shape index (κ1) is 16.0. The minimum Gasteiger partial charge on any atom is -0.373 e. The van der Waals surface area contributed by atoms with E-state index in [2.05, 4.69) is 48.1 Å². The molecule has 0 bridgehead atoms. The number of morpholine rings is 1. The van der Waals surface area contributed by atoms with Crippen LogP contribution in [0, 0.1) is 0 Å². The summed E-state index contributed by atoms with van der Waals surface area (Å²) in [4.78, 5) is 14.3. The Morgan fingerprint density at radius 1 is 1.48 bits per heavy atom. The minimum absolute atomic E-state index is 0.118. The normalized spacial score (nSPS) is 23.5. The van der Waals surface area contributed by atoms with Gasteiger partial charge in [0.05, 0.1) is 12.2 Å². The van der Waals surface area contributed by atoms with Gasteiger partial charge >= 0.3 is 0 Å². The number of amides is 1. The van der Waals surface area contributed by atoms with Crippen LogP contribution in [0.25, 0.3) is 0 Å². The van der Waals surface area contributed by atoms with Crippen LogP contribution in [-0.4, -0.2) is 59.4 Å². The zero-order valence-corrected chi connectivity index (χ0v) is 13.3. The average molecular weight is 294 g/mol. The Bertz CT molecular complexity index is 462. The third-order valence-electron chi connectivity index (χ3n) is 3.66. The molecule has 1 saturated heterocycles. The quantitative estimate of drug-likeness (QED) is 0.860. The predicted molar refractivity (Wildman–Crippen MR) is 81.5 cm³/mol. The molecule has 118 valence electrons. The summed E-state index contributed by atoms with van der Waals surface area (Å²) in [7, 11) is 0. The lowest BCUT2D eigenvalue weighted by Gasteiger charge is -2.35. The number of rotatable bonds is 5. The van der Waals surface area contributed by atoms with E-state index in [1.165, 1.54) is 0 Å². The van der Waals surface area contributed by atoms with Crippen molar-refractivity contribution in [1.29, 1.82) is 0 Å². The number of carbonyl (C=O) groups is 1. The zero-order valence-electron chi connectivity index (χ0n) is 13.3. The standard InChI is InChI=1S/C15H26N4O2/c1-10(2)13-7-14(18-17-13)15(20)16-5-6-19-8-11(3)21-12(4)9-19/h7,10-12H,5-6,8-9H2,1-4H3,(H,16,20)(H,17,18)/t11-,12+. The minimum atomic E-state index is -0.118. The number of aromatic amines is 1. The lowest BCUT2D eigenvalue weighted by Crippen LogP contribution is -2.47. The number of ether oxygens (including phenoxy) is 1. The van der Waals surface area contributed by atoms with E-state index in [0.29, 0.717) is 18.2 Å². The molecule has 0 spiro atoms. The van der Waals surface area contributed by atoms with E-state index in [1.54, 1.807) is 0 Å². The number of H-pyrrole nitrogens is 1. The van der Waals surface area contributed by atoms with Crippen molar-refractivity contribution in [2.75, 3.05) is 26.2 Å². The van der Waals surface area contributed by atoms with Crippen molar-refractivity contribution >= 4 is 5.91 Å². The summed E-state index contributed by atoms with van der Waals surface area (Å²) in [6.45, 7) is 11.6. The smallest absolute Gasteiger partial charge is 0.271 e. The molecule has 1 amide bonds. The Morgan fingerprint density at radius 3 is 2.71 bits per heavy atom. The zero-order chi connectivity index (χ0) is 15.4. The fraction of sp³-hybridized carbons (Fsp3) is 0.733. The molecule has 0 radical (unpaired) electrons. The van der Waals surface area contributed by atoms with Crippen LogP contribution >= 0.6 is 0 Å². The number of nitrogens with one attached hydrogen (secondary N) is 2. The van der Waals surface area contributed by atoms with Crippen LogP contribution < -0.4 is 5.32 Å². The van der Waals surface area contributed by atoms with Crippen molar-refractivity contribution < 1.29 is 9.53 Å². The first-order valence-electron chi connectivity index (χ1n) is 7.67. The summed E-state index contributed by atoms with van der Waals surface area (Å²) in [6, 6.07) is 1.82. The molecular weight excluding hydrogens is 268 g/mol. The Morgan fingerprint density at radius 2 is 2.14 bits per heavy atom. The Labute approximate surface area is 126 Å². The van der Waals surface area contributed by atoms with Gasteiger partial charge in [0.2, 0.25) is 0 Å². The van der Waals surface area contributed by atoms with Gasteiger partial charge in [0.1, 0.15) is 5.69 Å². The molecule has 1 aliphatic rings. The number of carbonyl (C=O) groups excluding carboxylic acids is 1. The van der Waals surface area contributed by atoms with Gasteiger partial charge in [-0.2, -0.15) is 5.10 Å². The molecule has 6 heteroatoms. The lowest BCUT2D eigenvalue weighted by molar-refractivity contribution is -0.0672. The summed E-state index contributed by atoms with van der Waals surface area (Å²) in [6.07, 6.45) is 0.508. The van der Waals surface area contributed by atoms with Crippen LogP contribution in [-0.2, 0) is 4.74 Å². The molecule has 2 N–H and O–H groups in total. The van der Waals surface area contributed by atoms with Gasteiger partial charge in [0.25, 0.3) is 5.91 Å². The van der Waals surface area contributed by atoms with Crippen LogP contribution in [0.1, 0.15) is 49.8 Å². The van der Waals surface area contributed by atoms with Gasteiger partial charge in [0, 0.05) is 31.9 Å². The molecule has 0 aromatic carbocycles. The van der Waals surface area contributed by atoms with Crippen molar-refractivity contribution in [3.63, 3.8) is 0 Å². The van der Waals surface area contributed by atoms with Crippen LogP contribution in [0.4, 0.5) is 0 Å². The van der Waals surface area contributed by atoms with Gasteiger partial charge in [-0.1, -0.05) is 13.8 Å². The van der Waals surface area contributed by atoms with Gasteiger partial charge in [-0.05, 0) is 25.8 Å². The molecular formula is C15H26N4O2. The molecule has 1 aromatic heterocycles. The Hall–Kier alpha value is -1.40. The molecule has 6 nitrogen and oxygen atoms in total. The second-order valence-electron chi connectivity index (χ2n) is 6.14. The maximum atomic E-state index is 12.0. The van der Waals surface area contributed by atoms with E-state index in [4.69, 9.17) is 4.74 Å². The molecule has 21 heavy (non-hydrogen) atoms. The summed E-state index contributed by atoms with van der Waals surface area (Å²) in [5.41, 5.74) is 1.44. The molecule has 1 aromatic rings. The van der Waals surface area contributed by atoms with Gasteiger partial charge in [-0.15, -0.1) is 0 Å². The van der Waals surface area contributed by atoms with E-state index in [9.17, 15) is 4.79 Å². The summed E-state index contributed by atoms with van der Waals surface area (Å²) in [5.74, 6) is 0.225. The SMILES string of the molecule is CC(C)c1cc(C(=O)NCCN2C[C@@H](C)O[C@@H](C)C2)n[nH]1. The summed E-state index contributed by atoms with van der Waals surface area (Å²) >= 11 is 0. The fourth-order valence-electron chi connectivity index (χ4n) is 2.63. The number of hydrogen-bond acceptors (Lipinski definition) is 4. The van der Waals surface area contributed by atoms with Crippen molar-refractivity contribution in [3.8, 4) is 0 Å². The maximum absolute atomic E-state index is 12.0. The third kappa shape index (κ3) is 4.54. The van der Waals surface area contributed by atoms with Gasteiger partial charge in [-0.25, -0.2) is 0 Å². The topological polar surface area (TPSA) is 70.2 Å². The first-order valence-corrected chi connectivity index (χ1v) is 7.67. The summed E-state index contributed by atoms with van der Waals surface area (Å²) in [5, 5.41) is 9.88. The fourth-order valence-corrected chi connectivity index (χ4v) is 2.63. The molecule has 1 aliphatic heterocycles. The van der Waals surface area contributed by atoms with E-state index >= 15 is 0 Å². The van der Waals surface area contributed by atoms with E-state index < -0.39 is 0 Å². The van der Waals surface area contributed by atoms with E-state index in [-0.39, 0.29) is 18.1 Å². The van der Waals surface area contributed by atoms with Crippen LogP contribution in [0.5, 0.6) is 0 Å². The highest BCUT2D eigenvalue weighted by atomic mass is 16.5. The molecule has 2 atom stereocenters. The average Bonchev–Trinajstić information content (AvgIpc) is 2.87. The number of nitrogens with zero attached hydrogens (tertiary/aromatic N) is 2. The van der Waals surface area contributed by atoms with Crippen molar-refractivity contribution in [3.05, 3.63) is 17.5 Å². The second-order valence-corrected chi connectivity index (χ2v) is 6.14. The number of aromatic nitrogens is 2. The maximum Gasteiger partial charge on any atom is 0.271 e. The second kappa shape index (κ2) is 7.04. The van der Waals surface area contributed by atoms with E-state index in [0.717, 1.165) is 25.3 Å². The summed E-state index contributed by atoms with van der Waals surface area (Å²) < 4.78 is 5.70. The first-order chi connectivity index (χ1) is 9.95. The molecule has 2 heterocycles. The monoisotopic (exact) mass is 294 g/mol. The molecule has 1 fully saturated rings. The highest BCUT2D eigenvalue weighted by Crippen LogP contribution is 2.12. The van der Waals surface area contributed by atoms with Crippen molar-refractivity contribution in [2.24, 2.45) is 0 Å².